The first-order valence-electron chi connectivity index (χ1n) is 22.0. The predicted molar refractivity (Wildman–Crippen MR) is 216 cm³/mol. The molecule has 0 radical (unpaired) electrons. The number of carbonyl (C=O) groups is 2. The van der Waals surface area contributed by atoms with E-state index in [1.165, 1.54) is 154 Å². The van der Waals surface area contributed by atoms with Gasteiger partial charge in [-0.05, 0) is 19.9 Å². The lowest BCUT2D eigenvalue weighted by Gasteiger charge is -2.20. The van der Waals surface area contributed by atoms with Crippen LogP contribution in [-0.4, -0.2) is 56.3 Å². The van der Waals surface area contributed by atoms with E-state index in [1.807, 2.05) is 0 Å². The van der Waals surface area contributed by atoms with Gasteiger partial charge in [0.15, 0.2) is 6.10 Å². The van der Waals surface area contributed by atoms with Gasteiger partial charge in [0.1, 0.15) is 6.61 Å². The minimum absolute atomic E-state index is 0.0118. The topological polar surface area (TPSA) is 120 Å². The van der Waals surface area contributed by atoms with Crippen molar-refractivity contribution >= 4 is 19.8 Å². The lowest BCUT2D eigenvalue weighted by Crippen LogP contribution is -2.29. The van der Waals surface area contributed by atoms with Crippen LogP contribution < -0.4 is 5.32 Å². The van der Waals surface area contributed by atoms with Crippen molar-refractivity contribution in [2.75, 3.05) is 33.4 Å². The highest BCUT2D eigenvalue weighted by Gasteiger charge is 2.26. The van der Waals surface area contributed by atoms with Crippen LogP contribution in [0.25, 0.3) is 0 Å². The number of likely N-dealkylation sites (N-methyl/N-ethyl adjacent to an activating group) is 1. The molecule has 0 fully saturated rings. The van der Waals surface area contributed by atoms with Crippen molar-refractivity contribution < 1.29 is 37.6 Å². The highest BCUT2D eigenvalue weighted by Crippen LogP contribution is 2.43. The monoisotopic (exact) mass is 762 g/mol. The van der Waals surface area contributed by atoms with Gasteiger partial charge in [-0.25, -0.2) is 4.57 Å². The number of hydrogen-bond acceptors (Lipinski definition) is 8. The molecule has 0 rings (SSSR count). The number of carbonyl (C=O) groups excluding carboxylic acids is 2. The summed E-state index contributed by atoms with van der Waals surface area (Å²) in [5.41, 5.74) is 0. The molecule has 310 valence electrons. The maximum atomic E-state index is 12.6. The second-order valence-corrected chi connectivity index (χ2v) is 16.3. The van der Waals surface area contributed by atoms with Crippen molar-refractivity contribution in [2.45, 2.75) is 225 Å². The number of hydrogen-bond donors (Lipinski definition) is 2. The molecule has 0 bridgehead atoms. The Labute approximate surface area is 320 Å². The maximum absolute atomic E-state index is 12.6. The largest absolute Gasteiger partial charge is 0.472 e. The Kier molecular flexibility index (Phi) is 38.9. The lowest BCUT2D eigenvalue weighted by molar-refractivity contribution is -0.161. The molecule has 2 unspecified atom stereocenters. The maximum Gasteiger partial charge on any atom is 0.472 e. The Hall–Kier alpha value is -0.990. The third-order valence-corrected chi connectivity index (χ3v) is 10.7. The fraction of sp³-hybridized carbons (Fsp3) is 0.952. The van der Waals surface area contributed by atoms with Crippen molar-refractivity contribution in [1.82, 2.24) is 5.32 Å². The molecule has 0 aliphatic rings. The summed E-state index contributed by atoms with van der Waals surface area (Å²) in [6, 6.07) is 0. The number of ether oxygens (including phenoxy) is 2. The molecule has 0 aliphatic carbocycles. The van der Waals surface area contributed by atoms with Crippen LogP contribution in [0.3, 0.4) is 0 Å². The van der Waals surface area contributed by atoms with Gasteiger partial charge in [0.05, 0.1) is 13.2 Å². The number of nitrogens with one attached hydrogen (secondary N) is 1. The van der Waals surface area contributed by atoms with E-state index in [1.54, 1.807) is 7.05 Å². The molecule has 0 aromatic rings. The molecule has 0 saturated carbocycles. The smallest absolute Gasteiger partial charge is 0.462 e. The molecule has 0 aromatic heterocycles. The summed E-state index contributed by atoms with van der Waals surface area (Å²) < 4.78 is 33.2. The van der Waals surface area contributed by atoms with Crippen LogP contribution in [0, 0.1) is 0 Å². The van der Waals surface area contributed by atoms with E-state index in [2.05, 4.69) is 19.2 Å². The standard InChI is InChI=1S/C42H84NO8P/c1-4-6-8-10-12-14-16-18-19-20-21-23-25-27-29-31-33-35-42(45)51-40(39-50-52(46,47)49-37-36-43-3)38-48-41(44)34-32-30-28-26-24-22-17-15-13-11-9-7-5-2/h40,43H,4-39H2,1-3H3,(H,46,47). The van der Waals surface area contributed by atoms with Gasteiger partial charge >= 0.3 is 19.8 Å². The third kappa shape index (κ3) is 38.7. The molecule has 2 atom stereocenters. The Morgan fingerprint density at radius 3 is 1.23 bits per heavy atom. The van der Waals surface area contributed by atoms with Gasteiger partial charge in [-0.2, -0.15) is 0 Å². The molecule has 0 aliphatic heterocycles. The SMILES string of the molecule is CCCCCCCCCCCCCCCCCCCC(=O)OC(COC(=O)CCCCCCCCCCCCCCC)COP(=O)(O)OCCNC. The van der Waals surface area contributed by atoms with Crippen LogP contribution in [0.2, 0.25) is 0 Å². The summed E-state index contributed by atoms with van der Waals surface area (Å²) in [5, 5.41) is 2.83. The molecular formula is C42H84NO8P. The highest BCUT2D eigenvalue weighted by atomic mass is 31.2. The van der Waals surface area contributed by atoms with Crippen molar-refractivity contribution in [1.29, 1.82) is 0 Å². The highest BCUT2D eigenvalue weighted by molar-refractivity contribution is 7.47. The van der Waals surface area contributed by atoms with Gasteiger partial charge in [0, 0.05) is 19.4 Å². The van der Waals surface area contributed by atoms with Crippen LogP contribution in [0.4, 0.5) is 0 Å². The minimum atomic E-state index is -4.34. The molecule has 0 heterocycles. The van der Waals surface area contributed by atoms with E-state index in [0.717, 1.165) is 38.5 Å². The Morgan fingerprint density at radius 1 is 0.519 bits per heavy atom. The number of rotatable bonds is 42. The Bertz CT molecular complexity index is 830. The molecule has 10 heteroatoms. The van der Waals surface area contributed by atoms with Gasteiger partial charge in [-0.3, -0.25) is 18.6 Å². The fourth-order valence-corrected chi connectivity index (χ4v) is 7.13. The number of phosphoric acid groups is 1. The molecule has 2 N–H and O–H groups in total. The first kappa shape index (κ1) is 51.0. The molecule has 0 aromatic carbocycles. The summed E-state index contributed by atoms with van der Waals surface area (Å²) in [6.45, 7) is 4.26. The second-order valence-electron chi connectivity index (χ2n) is 14.9. The normalized spacial score (nSPS) is 13.2. The number of phosphoric ester groups is 1. The minimum Gasteiger partial charge on any atom is -0.462 e. The molecule has 0 spiro atoms. The zero-order chi connectivity index (χ0) is 38.2. The van der Waals surface area contributed by atoms with Crippen LogP contribution >= 0.6 is 7.82 Å². The predicted octanol–water partition coefficient (Wildman–Crippen LogP) is 12.3. The van der Waals surface area contributed by atoms with Gasteiger partial charge in [0.2, 0.25) is 0 Å². The summed E-state index contributed by atoms with van der Waals surface area (Å²) >= 11 is 0. The lowest BCUT2D eigenvalue weighted by atomic mass is 10.0. The summed E-state index contributed by atoms with van der Waals surface area (Å²) in [7, 11) is -2.64. The summed E-state index contributed by atoms with van der Waals surface area (Å²) in [4.78, 5) is 35.0. The Morgan fingerprint density at radius 2 is 0.865 bits per heavy atom. The van der Waals surface area contributed by atoms with Gasteiger partial charge in [-0.15, -0.1) is 0 Å². The molecule has 0 saturated heterocycles. The van der Waals surface area contributed by atoms with Crippen molar-refractivity contribution in [3.05, 3.63) is 0 Å². The average Bonchev–Trinajstić information content (AvgIpc) is 3.12. The zero-order valence-corrected chi connectivity index (χ0v) is 35.2. The molecule has 9 nitrogen and oxygen atoms in total. The summed E-state index contributed by atoms with van der Waals surface area (Å²) in [5.74, 6) is -0.791. The van der Waals surface area contributed by atoms with Crippen LogP contribution in [0.15, 0.2) is 0 Å². The van der Waals surface area contributed by atoms with E-state index in [0.29, 0.717) is 13.0 Å². The van der Waals surface area contributed by atoms with Gasteiger partial charge < -0.3 is 19.7 Å². The van der Waals surface area contributed by atoms with Gasteiger partial charge in [-0.1, -0.05) is 194 Å². The first-order valence-corrected chi connectivity index (χ1v) is 23.5. The zero-order valence-electron chi connectivity index (χ0n) is 34.3. The van der Waals surface area contributed by atoms with E-state index in [4.69, 9.17) is 18.5 Å². The third-order valence-electron chi connectivity index (χ3n) is 9.73. The number of esters is 2. The second kappa shape index (κ2) is 39.7. The average molecular weight is 762 g/mol. The van der Waals surface area contributed by atoms with E-state index >= 15 is 0 Å². The van der Waals surface area contributed by atoms with E-state index in [-0.39, 0.29) is 25.6 Å². The van der Waals surface area contributed by atoms with Crippen molar-refractivity contribution in [3.63, 3.8) is 0 Å². The quantitative estimate of drug-likeness (QED) is 0.0356. The van der Waals surface area contributed by atoms with Crippen LogP contribution in [-0.2, 0) is 32.7 Å². The fourth-order valence-electron chi connectivity index (χ4n) is 6.38. The molecular weight excluding hydrogens is 677 g/mol. The molecule has 0 amide bonds. The van der Waals surface area contributed by atoms with Gasteiger partial charge in [0.25, 0.3) is 0 Å². The van der Waals surface area contributed by atoms with E-state index in [9.17, 15) is 19.0 Å². The Balaban J connectivity index is 4.16. The van der Waals surface area contributed by atoms with E-state index < -0.39 is 26.5 Å². The summed E-state index contributed by atoms with van der Waals surface area (Å²) in [6.07, 6.45) is 37.1. The van der Waals surface area contributed by atoms with Crippen LogP contribution in [0.5, 0.6) is 0 Å². The van der Waals surface area contributed by atoms with Crippen molar-refractivity contribution in [3.8, 4) is 0 Å². The molecule has 52 heavy (non-hydrogen) atoms. The number of unbranched alkanes of at least 4 members (excludes halogenated alkanes) is 28. The first-order chi connectivity index (χ1) is 25.3. The van der Waals surface area contributed by atoms with Crippen molar-refractivity contribution in [2.24, 2.45) is 0 Å². The van der Waals surface area contributed by atoms with Crippen LogP contribution in [0.1, 0.15) is 219 Å².